The van der Waals surface area contributed by atoms with Gasteiger partial charge in [0.2, 0.25) is 0 Å². The first-order chi connectivity index (χ1) is 16.6. The van der Waals surface area contributed by atoms with Gasteiger partial charge in [-0.2, -0.15) is 0 Å². The van der Waals surface area contributed by atoms with Crippen LogP contribution in [0.25, 0.3) is 0 Å². The average molecular weight is 722 g/mol. The van der Waals surface area contributed by atoms with Crippen molar-refractivity contribution >= 4 is 56.8 Å². The van der Waals surface area contributed by atoms with Crippen LogP contribution in [-0.4, -0.2) is 50.4 Å². The molecule has 190 valence electrons. The van der Waals surface area contributed by atoms with Crippen molar-refractivity contribution in [1.29, 1.82) is 0 Å². The molecule has 7 nitrogen and oxygen atoms in total. The fourth-order valence-electron chi connectivity index (χ4n) is 3.41. The summed E-state index contributed by atoms with van der Waals surface area (Å²) in [5.74, 6) is 2.44. The van der Waals surface area contributed by atoms with Gasteiger partial charge in [-0.15, -0.1) is 16.7 Å². The van der Waals surface area contributed by atoms with Gasteiger partial charge in [0, 0.05) is 17.2 Å². The molecule has 0 aliphatic rings. The molecular formula is C25H30ClI2N3O4. The van der Waals surface area contributed by atoms with Crippen molar-refractivity contribution in [1.82, 2.24) is 15.0 Å². The van der Waals surface area contributed by atoms with E-state index >= 15 is 0 Å². The zero-order chi connectivity index (χ0) is 25.6. The van der Waals surface area contributed by atoms with Gasteiger partial charge >= 0.3 is 0 Å². The normalized spacial score (nSPS) is 13.5. The molecule has 0 aliphatic carbocycles. The summed E-state index contributed by atoms with van der Waals surface area (Å²) >= 11 is 10.2. The lowest BCUT2D eigenvalue weighted by Crippen LogP contribution is -2.25. The molecule has 2 aromatic carbocycles. The maximum Gasteiger partial charge on any atom is 0.132 e. The molecule has 0 fully saturated rings. The van der Waals surface area contributed by atoms with Gasteiger partial charge in [-0.3, -0.25) is 0 Å². The van der Waals surface area contributed by atoms with Crippen molar-refractivity contribution in [2.45, 2.75) is 45.4 Å². The van der Waals surface area contributed by atoms with E-state index in [0.717, 1.165) is 14.9 Å². The van der Waals surface area contributed by atoms with Crippen LogP contribution in [0.3, 0.4) is 0 Å². The van der Waals surface area contributed by atoms with Gasteiger partial charge in [0.05, 0.1) is 23.3 Å². The minimum atomic E-state index is -0.767. The van der Waals surface area contributed by atoms with E-state index < -0.39 is 6.10 Å². The zero-order valence-corrected chi connectivity index (χ0v) is 25.0. The summed E-state index contributed by atoms with van der Waals surface area (Å²) in [5, 5.41) is 27.5. The van der Waals surface area contributed by atoms with Crippen LogP contribution in [0.2, 0.25) is 0 Å². The standard InChI is InChI=1S/C25H30ClI2N3O4/c1-16(11-26)14-34-20-7-4-17(5-8-20)25(2,3)18-6-9-23(21(27)10-18)35-15-19(33)12-31-24(28)22(13-32)29-30-31/h4-10,16,19,32-33H,11-15H2,1-3H3/t16-,19+/m1/s1/i27-4. The number of hydrogen-bond acceptors (Lipinski definition) is 6. The molecule has 3 rings (SSSR count). The molecule has 0 saturated heterocycles. The Morgan fingerprint density at radius 3 is 2.40 bits per heavy atom. The van der Waals surface area contributed by atoms with Crippen molar-refractivity contribution in [2.24, 2.45) is 5.92 Å². The van der Waals surface area contributed by atoms with Crippen molar-refractivity contribution in [3.05, 3.63) is 66.6 Å². The van der Waals surface area contributed by atoms with Crippen LogP contribution in [0.4, 0.5) is 0 Å². The van der Waals surface area contributed by atoms with E-state index in [2.05, 4.69) is 101 Å². The van der Waals surface area contributed by atoms with E-state index in [9.17, 15) is 10.2 Å². The highest BCUT2D eigenvalue weighted by Gasteiger charge is 2.24. The van der Waals surface area contributed by atoms with Gasteiger partial charge in [0.25, 0.3) is 0 Å². The van der Waals surface area contributed by atoms with E-state index in [1.807, 2.05) is 18.2 Å². The smallest absolute Gasteiger partial charge is 0.132 e. The number of hydrogen-bond donors (Lipinski definition) is 2. The first-order valence-corrected chi connectivity index (χ1v) is 13.9. The van der Waals surface area contributed by atoms with Crippen LogP contribution in [0, 0.1) is 13.2 Å². The fourth-order valence-corrected chi connectivity index (χ4v) is 4.75. The molecule has 0 bridgehead atoms. The van der Waals surface area contributed by atoms with Gasteiger partial charge in [-0.05, 0) is 80.6 Å². The monoisotopic (exact) mass is 721 g/mol. The van der Waals surface area contributed by atoms with Gasteiger partial charge in [0.15, 0.2) is 0 Å². The summed E-state index contributed by atoms with van der Waals surface area (Å²) in [4.78, 5) is 0. The molecule has 0 aliphatic heterocycles. The molecule has 0 unspecified atom stereocenters. The molecule has 2 N–H and O–H groups in total. The number of rotatable bonds is 12. The molecule has 0 saturated carbocycles. The number of ether oxygens (including phenoxy) is 2. The summed E-state index contributed by atoms with van der Waals surface area (Å²) in [7, 11) is 0. The predicted molar refractivity (Wildman–Crippen MR) is 153 cm³/mol. The number of aliphatic hydroxyl groups is 2. The Labute approximate surface area is 238 Å². The number of benzene rings is 2. The summed E-state index contributed by atoms with van der Waals surface area (Å²) in [6.45, 7) is 7.21. The van der Waals surface area contributed by atoms with E-state index in [1.165, 1.54) is 5.56 Å². The molecule has 1 heterocycles. The number of aliphatic hydroxyl groups excluding tert-OH is 2. The van der Waals surface area contributed by atoms with Crippen molar-refractivity contribution in [2.75, 3.05) is 19.1 Å². The first kappa shape index (κ1) is 28.4. The third kappa shape index (κ3) is 7.43. The molecule has 0 spiro atoms. The van der Waals surface area contributed by atoms with Gasteiger partial charge < -0.3 is 19.7 Å². The first-order valence-electron chi connectivity index (χ1n) is 11.2. The minimum Gasteiger partial charge on any atom is -0.493 e. The summed E-state index contributed by atoms with van der Waals surface area (Å²) in [5.41, 5.74) is 2.62. The Bertz CT molecular complexity index is 1110. The SMILES string of the molecule is C[C@H](CCl)COc1ccc(C(C)(C)c2ccc(OC[C@@H](O)Cn3nnc(CO)c3I)c([123I])c2)cc1. The zero-order valence-electron chi connectivity index (χ0n) is 19.9. The van der Waals surface area contributed by atoms with E-state index in [-0.39, 0.29) is 25.2 Å². The van der Waals surface area contributed by atoms with Gasteiger partial charge in [0.1, 0.15) is 33.6 Å². The molecule has 35 heavy (non-hydrogen) atoms. The largest absolute Gasteiger partial charge is 0.493 e. The second-order valence-electron chi connectivity index (χ2n) is 9.00. The van der Waals surface area contributed by atoms with E-state index in [4.69, 9.17) is 21.1 Å². The quantitative estimate of drug-likeness (QED) is 0.202. The average Bonchev–Trinajstić information content (AvgIpc) is 3.20. The Hall–Kier alpha value is -1.15. The third-order valence-electron chi connectivity index (χ3n) is 5.73. The van der Waals surface area contributed by atoms with Crippen molar-refractivity contribution < 1.29 is 19.7 Å². The third-order valence-corrected chi connectivity index (χ3v) is 8.28. The molecule has 0 amide bonds. The molecule has 10 heteroatoms. The van der Waals surface area contributed by atoms with Crippen LogP contribution in [0.15, 0.2) is 42.5 Å². The lowest BCUT2D eigenvalue weighted by molar-refractivity contribution is 0.0877. The Morgan fingerprint density at radius 2 is 1.80 bits per heavy atom. The molecule has 3 aromatic rings. The predicted octanol–water partition coefficient (Wildman–Crippen LogP) is 5.00. The maximum absolute atomic E-state index is 10.4. The summed E-state index contributed by atoms with van der Waals surface area (Å²) in [6.07, 6.45) is -0.767. The van der Waals surface area contributed by atoms with Crippen LogP contribution >= 0.6 is 56.8 Å². The highest BCUT2D eigenvalue weighted by molar-refractivity contribution is 14.1. The van der Waals surface area contributed by atoms with Crippen molar-refractivity contribution in [3.63, 3.8) is 0 Å². The highest BCUT2D eigenvalue weighted by Crippen LogP contribution is 2.35. The Balaban J connectivity index is 1.62. The van der Waals surface area contributed by atoms with Crippen LogP contribution in [0.5, 0.6) is 11.5 Å². The topological polar surface area (TPSA) is 89.6 Å². The number of alkyl halides is 1. The van der Waals surface area contributed by atoms with Crippen LogP contribution < -0.4 is 9.47 Å². The fraction of sp³-hybridized carbons (Fsp3) is 0.440. The lowest BCUT2D eigenvalue weighted by Gasteiger charge is -2.27. The highest BCUT2D eigenvalue weighted by atomic mass is 127. The lowest BCUT2D eigenvalue weighted by atomic mass is 9.78. The summed E-state index contributed by atoms with van der Waals surface area (Å²) in [6, 6.07) is 14.3. The molecule has 1 aromatic heterocycles. The number of aromatic nitrogens is 3. The Kier molecular flexibility index (Phi) is 10.5. The van der Waals surface area contributed by atoms with Crippen LogP contribution in [-0.2, 0) is 18.6 Å². The summed E-state index contributed by atoms with van der Waals surface area (Å²) < 4.78 is 14.9. The molecule has 2 atom stereocenters. The second-order valence-corrected chi connectivity index (χ2v) is 11.5. The van der Waals surface area contributed by atoms with E-state index in [1.54, 1.807) is 4.68 Å². The molecule has 0 radical (unpaired) electrons. The minimum absolute atomic E-state index is 0.118. The second kappa shape index (κ2) is 12.9. The Morgan fingerprint density at radius 1 is 1.11 bits per heavy atom. The number of nitrogens with zero attached hydrogens (tertiary/aromatic N) is 3. The van der Waals surface area contributed by atoms with Gasteiger partial charge in [-0.25, -0.2) is 4.68 Å². The van der Waals surface area contributed by atoms with Crippen molar-refractivity contribution in [3.8, 4) is 11.5 Å². The number of halogens is 3. The van der Waals surface area contributed by atoms with Gasteiger partial charge in [-0.1, -0.05) is 44.2 Å². The van der Waals surface area contributed by atoms with E-state index in [0.29, 0.717) is 33.5 Å². The maximum atomic E-state index is 10.4. The van der Waals surface area contributed by atoms with Crippen LogP contribution in [0.1, 0.15) is 37.6 Å². The molecular weight excluding hydrogens is 692 g/mol.